The van der Waals surface area contributed by atoms with Crippen molar-refractivity contribution in [3.05, 3.63) is 24.3 Å². The maximum absolute atomic E-state index is 12.2. The van der Waals surface area contributed by atoms with Gasteiger partial charge in [-0.15, -0.1) is 0 Å². The quantitative estimate of drug-likeness (QED) is 0.815. The number of methoxy groups -OCH3 is 1. The van der Waals surface area contributed by atoms with Crippen molar-refractivity contribution in [2.75, 3.05) is 19.0 Å². The van der Waals surface area contributed by atoms with Crippen LogP contribution >= 0.6 is 0 Å². The molecule has 1 aromatic heterocycles. The van der Waals surface area contributed by atoms with Crippen molar-refractivity contribution >= 4 is 23.3 Å². The highest BCUT2D eigenvalue weighted by Gasteiger charge is 2.23. The zero-order valence-corrected chi connectivity index (χ0v) is 14.4. The van der Waals surface area contributed by atoms with Gasteiger partial charge >= 0.3 is 5.97 Å². The molecule has 1 rings (SSSR count). The molecular weight excluding hydrogens is 296 g/mol. The first-order chi connectivity index (χ1) is 10.7. The Kier molecular flexibility index (Phi) is 6.30. The Hall–Kier alpha value is -2.37. The summed E-state index contributed by atoms with van der Waals surface area (Å²) in [6, 6.07) is 3.37. The highest BCUT2D eigenvalue weighted by atomic mass is 16.5. The number of pyridine rings is 1. The second-order valence-electron chi connectivity index (χ2n) is 6.04. The molecule has 1 N–H and O–H groups in total. The summed E-state index contributed by atoms with van der Waals surface area (Å²) in [5, 5.41) is 2.77. The summed E-state index contributed by atoms with van der Waals surface area (Å²) in [7, 11) is 1.49. The van der Waals surface area contributed by atoms with Crippen LogP contribution in [0.15, 0.2) is 18.7 Å². The molecule has 6 heteroatoms. The molecule has 0 radical (unpaired) electrons. The van der Waals surface area contributed by atoms with Crippen molar-refractivity contribution in [2.24, 2.45) is 5.41 Å². The Balaban J connectivity index is 3.09. The average molecular weight is 320 g/mol. The molecule has 0 aliphatic heterocycles. The van der Waals surface area contributed by atoms with Gasteiger partial charge in [0.25, 0.3) is 0 Å². The Bertz CT molecular complexity index is 603. The van der Waals surface area contributed by atoms with Crippen molar-refractivity contribution in [3.63, 3.8) is 0 Å². The fourth-order valence-corrected chi connectivity index (χ4v) is 1.71. The van der Waals surface area contributed by atoms with Crippen LogP contribution in [0.3, 0.4) is 0 Å². The SMILES string of the molecule is C=C(CC(=O)OCC)c1ccc(OC)nc1NC(=O)C(C)(C)C. The third kappa shape index (κ3) is 5.39. The molecule has 0 atom stereocenters. The molecule has 23 heavy (non-hydrogen) atoms. The fourth-order valence-electron chi connectivity index (χ4n) is 1.71. The lowest BCUT2D eigenvalue weighted by Gasteiger charge is -2.19. The van der Waals surface area contributed by atoms with Crippen LogP contribution < -0.4 is 10.1 Å². The molecule has 0 aliphatic rings. The predicted molar refractivity (Wildman–Crippen MR) is 89.2 cm³/mol. The number of ether oxygens (including phenoxy) is 2. The van der Waals surface area contributed by atoms with E-state index in [2.05, 4.69) is 16.9 Å². The van der Waals surface area contributed by atoms with E-state index in [4.69, 9.17) is 9.47 Å². The molecule has 0 aromatic carbocycles. The number of aromatic nitrogens is 1. The zero-order valence-electron chi connectivity index (χ0n) is 14.4. The van der Waals surface area contributed by atoms with E-state index in [1.165, 1.54) is 7.11 Å². The summed E-state index contributed by atoms with van der Waals surface area (Å²) in [4.78, 5) is 28.1. The van der Waals surface area contributed by atoms with Gasteiger partial charge in [-0.3, -0.25) is 9.59 Å². The van der Waals surface area contributed by atoms with Crippen molar-refractivity contribution in [1.29, 1.82) is 0 Å². The lowest BCUT2D eigenvalue weighted by atomic mass is 9.95. The predicted octanol–water partition coefficient (Wildman–Crippen LogP) is 3.04. The molecule has 0 fully saturated rings. The second-order valence-corrected chi connectivity index (χ2v) is 6.04. The van der Waals surface area contributed by atoms with E-state index in [0.29, 0.717) is 29.4 Å². The molecule has 1 aromatic rings. The highest BCUT2D eigenvalue weighted by Crippen LogP contribution is 2.28. The molecule has 1 heterocycles. The molecule has 0 bridgehead atoms. The van der Waals surface area contributed by atoms with Gasteiger partial charge in [-0.2, -0.15) is 4.98 Å². The topological polar surface area (TPSA) is 77.5 Å². The maximum Gasteiger partial charge on any atom is 0.310 e. The molecule has 0 saturated carbocycles. The summed E-state index contributed by atoms with van der Waals surface area (Å²) in [5.74, 6) is 0.116. The van der Waals surface area contributed by atoms with E-state index in [1.807, 2.05) is 0 Å². The summed E-state index contributed by atoms with van der Waals surface area (Å²) < 4.78 is 10.0. The molecule has 6 nitrogen and oxygen atoms in total. The number of anilines is 1. The van der Waals surface area contributed by atoms with E-state index in [9.17, 15) is 9.59 Å². The van der Waals surface area contributed by atoms with Gasteiger partial charge in [-0.25, -0.2) is 0 Å². The van der Waals surface area contributed by atoms with E-state index in [-0.39, 0.29) is 18.3 Å². The Morgan fingerprint density at radius 3 is 2.48 bits per heavy atom. The third-order valence-corrected chi connectivity index (χ3v) is 3.04. The molecule has 0 unspecified atom stereocenters. The second kappa shape index (κ2) is 7.76. The zero-order chi connectivity index (χ0) is 17.6. The van der Waals surface area contributed by atoms with Gasteiger partial charge in [0.05, 0.1) is 20.1 Å². The van der Waals surface area contributed by atoms with E-state index in [1.54, 1.807) is 39.8 Å². The number of hydrogen-bond donors (Lipinski definition) is 1. The molecular formula is C17H24N2O4. The Labute approximate surface area is 136 Å². The van der Waals surface area contributed by atoms with Crippen LogP contribution in [0.1, 0.15) is 39.7 Å². The van der Waals surface area contributed by atoms with E-state index >= 15 is 0 Å². The molecule has 1 amide bonds. The molecule has 0 spiro atoms. The van der Waals surface area contributed by atoms with Crippen molar-refractivity contribution in [3.8, 4) is 5.88 Å². The number of carbonyl (C=O) groups excluding carboxylic acids is 2. The average Bonchev–Trinajstić information content (AvgIpc) is 2.46. The summed E-state index contributed by atoms with van der Waals surface area (Å²) in [5.41, 5.74) is 0.518. The minimum absolute atomic E-state index is 0.0280. The van der Waals surface area contributed by atoms with Crippen LogP contribution in [-0.2, 0) is 14.3 Å². The lowest BCUT2D eigenvalue weighted by Crippen LogP contribution is -2.28. The maximum atomic E-state index is 12.2. The van der Waals surface area contributed by atoms with Gasteiger partial charge in [0, 0.05) is 17.0 Å². The van der Waals surface area contributed by atoms with Gasteiger partial charge in [0.1, 0.15) is 5.82 Å². The van der Waals surface area contributed by atoms with E-state index < -0.39 is 5.41 Å². The standard InChI is InChI=1S/C17H24N2O4/c1-7-23-14(20)10-11(2)12-8-9-13(22-6)18-15(12)19-16(21)17(3,4)5/h8-9H,2,7,10H2,1,3-6H3,(H,18,19,21). The van der Waals surface area contributed by atoms with Crippen LogP contribution in [0, 0.1) is 5.41 Å². The molecule has 0 saturated heterocycles. The Morgan fingerprint density at radius 1 is 1.30 bits per heavy atom. The number of rotatable bonds is 6. The van der Waals surface area contributed by atoms with Crippen LogP contribution in [-0.4, -0.2) is 30.6 Å². The van der Waals surface area contributed by atoms with Crippen molar-refractivity contribution < 1.29 is 19.1 Å². The summed E-state index contributed by atoms with van der Waals surface area (Å²) >= 11 is 0. The number of nitrogens with one attached hydrogen (secondary N) is 1. The van der Waals surface area contributed by atoms with E-state index in [0.717, 1.165) is 0 Å². The van der Waals surface area contributed by atoms with Gasteiger partial charge in [-0.05, 0) is 18.6 Å². The first-order valence-corrected chi connectivity index (χ1v) is 7.39. The van der Waals surface area contributed by atoms with Crippen LogP contribution in [0.25, 0.3) is 5.57 Å². The number of carbonyl (C=O) groups is 2. The fraction of sp³-hybridized carbons (Fsp3) is 0.471. The van der Waals surface area contributed by atoms with Crippen LogP contribution in [0.5, 0.6) is 5.88 Å². The Morgan fingerprint density at radius 2 is 1.96 bits per heavy atom. The van der Waals surface area contributed by atoms with Gasteiger partial charge in [0.2, 0.25) is 11.8 Å². The van der Waals surface area contributed by atoms with Gasteiger partial charge in [0.15, 0.2) is 0 Å². The minimum atomic E-state index is -0.579. The number of esters is 1. The number of hydrogen-bond acceptors (Lipinski definition) is 5. The molecule has 0 aliphatic carbocycles. The van der Waals surface area contributed by atoms with Gasteiger partial charge in [-0.1, -0.05) is 27.4 Å². The third-order valence-electron chi connectivity index (χ3n) is 3.04. The number of amides is 1. The summed E-state index contributed by atoms with van der Waals surface area (Å²) in [6.07, 6.45) is 0.0280. The number of nitrogens with zero attached hydrogens (tertiary/aromatic N) is 1. The van der Waals surface area contributed by atoms with Crippen molar-refractivity contribution in [2.45, 2.75) is 34.1 Å². The molecule has 126 valence electrons. The normalized spacial score (nSPS) is 10.8. The summed E-state index contributed by atoms with van der Waals surface area (Å²) in [6.45, 7) is 11.4. The first-order valence-electron chi connectivity index (χ1n) is 7.39. The lowest BCUT2D eigenvalue weighted by molar-refractivity contribution is -0.141. The largest absolute Gasteiger partial charge is 0.481 e. The van der Waals surface area contributed by atoms with Crippen molar-refractivity contribution in [1.82, 2.24) is 4.98 Å². The van der Waals surface area contributed by atoms with Gasteiger partial charge < -0.3 is 14.8 Å². The van der Waals surface area contributed by atoms with Crippen LogP contribution in [0.2, 0.25) is 0 Å². The van der Waals surface area contributed by atoms with Crippen LogP contribution in [0.4, 0.5) is 5.82 Å². The first kappa shape index (κ1) is 18.7. The highest BCUT2D eigenvalue weighted by molar-refractivity contribution is 5.97. The monoisotopic (exact) mass is 320 g/mol. The smallest absolute Gasteiger partial charge is 0.310 e. The minimum Gasteiger partial charge on any atom is -0.481 e.